The summed E-state index contributed by atoms with van der Waals surface area (Å²) in [7, 11) is 0. The summed E-state index contributed by atoms with van der Waals surface area (Å²) in [4.78, 5) is 14.8. The van der Waals surface area contributed by atoms with E-state index in [4.69, 9.17) is 9.47 Å². The lowest BCUT2D eigenvalue weighted by atomic mass is 9.98. The van der Waals surface area contributed by atoms with Gasteiger partial charge in [0.2, 0.25) is 0 Å². The van der Waals surface area contributed by atoms with Crippen molar-refractivity contribution >= 4 is 11.9 Å². The van der Waals surface area contributed by atoms with Gasteiger partial charge in [-0.1, -0.05) is 38.5 Å². The fourth-order valence-corrected chi connectivity index (χ4v) is 4.15. The minimum absolute atomic E-state index is 0.438. The zero-order valence-electron chi connectivity index (χ0n) is 20.9. The lowest BCUT2D eigenvalue weighted by Crippen LogP contribution is -2.36. The SMILES string of the molecule is CCCN1CCC(COC(=O)Nc2cc(C)n(Cc3cc(C)ccc3OCC(C)C)n2)CC1. The van der Waals surface area contributed by atoms with Crippen molar-refractivity contribution in [3.8, 4) is 5.75 Å². The van der Waals surface area contributed by atoms with E-state index in [1.165, 1.54) is 12.0 Å². The second kappa shape index (κ2) is 12.1. The van der Waals surface area contributed by atoms with E-state index in [-0.39, 0.29) is 0 Å². The number of hydrogen-bond acceptors (Lipinski definition) is 5. The van der Waals surface area contributed by atoms with E-state index in [1.807, 2.05) is 23.7 Å². The van der Waals surface area contributed by atoms with Crippen molar-refractivity contribution < 1.29 is 14.3 Å². The summed E-state index contributed by atoms with van der Waals surface area (Å²) in [6.07, 6.45) is 2.91. The third-order valence-electron chi connectivity index (χ3n) is 6.02. The maximum absolute atomic E-state index is 12.3. The van der Waals surface area contributed by atoms with Crippen molar-refractivity contribution in [3.05, 3.63) is 41.1 Å². The van der Waals surface area contributed by atoms with E-state index in [0.717, 1.165) is 49.5 Å². The number of carbonyl (C=O) groups excluding carboxylic acids is 1. The van der Waals surface area contributed by atoms with Gasteiger partial charge in [-0.2, -0.15) is 5.10 Å². The van der Waals surface area contributed by atoms with Crippen molar-refractivity contribution in [1.82, 2.24) is 14.7 Å². The average molecular weight is 457 g/mol. The molecule has 3 rings (SSSR count). The van der Waals surface area contributed by atoms with Gasteiger partial charge in [0.25, 0.3) is 0 Å². The molecule has 0 unspecified atom stereocenters. The molecule has 2 heterocycles. The van der Waals surface area contributed by atoms with Crippen LogP contribution in [0, 0.1) is 25.7 Å². The summed E-state index contributed by atoms with van der Waals surface area (Å²) >= 11 is 0. The number of likely N-dealkylation sites (tertiary alicyclic amines) is 1. The smallest absolute Gasteiger partial charge is 0.412 e. The maximum Gasteiger partial charge on any atom is 0.412 e. The zero-order valence-corrected chi connectivity index (χ0v) is 20.9. The molecule has 1 aliphatic heterocycles. The summed E-state index contributed by atoms with van der Waals surface area (Å²) in [5.41, 5.74) is 3.21. The first-order chi connectivity index (χ1) is 15.8. The fraction of sp³-hybridized carbons (Fsp3) is 0.615. The molecule has 7 heteroatoms. The second-order valence-electron chi connectivity index (χ2n) is 9.65. The van der Waals surface area contributed by atoms with Crippen LogP contribution in [0.2, 0.25) is 0 Å². The number of benzene rings is 1. The highest BCUT2D eigenvalue weighted by Crippen LogP contribution is 2.23. The Morgan fingerprint density at radius 3 is 2.67 bits per heavy atom. The van der Waals surface area contributed by atoms with E-state index in [0.29, 0.717) is 37.4 Å². The molecule has 1 N–H and O–H groups in total. The number of piperidine rings is 1. The number of nitrogens with zero attached hydrogens (tertiary/aromatic N) is 3. The Bertz CT molecular complexity index is 901. The molecule has 0 bridgehead atoms. The molecule has 1 aromatic carbocycles. The van der Waals surface area contributed by atoms with Crippen molar-refractivity contribution in [3.63, 3.8) is 0 Å². The molecule has 1 saturated heterocycles. The monoisotopic (exact) mass is 456 g/mol. The molecule has 0 atom stereocenters. The van der Waals surface area contributed by atoms with Crippen LogP contribution in [0.4, 0.5) is 10.6 Å². The first-order valence-electron chi connectivity index (χ1n) is 12.3. The van der Waals surface area contributed by atoms with E-state index < -0.39 is 6.09 Å². The van der Waals surface area contributed by atoms with Gasteiger partial charge in [-0.25, -0.2) is 4.79 Å². The number of amides is 1. The topological polar surface area (TPSA) is 68.6 Å². The van der Waals surface area contributed by atoms with Crippen molar-refractivity contribution in [2.75, 3.05) is 38.2 Å². The van der Waals surface area contributed by atoms with Crippen LogP contribution in [0.3, 0.4) is 0 Å². The van der Waals surface area contributed by atoms with Gasteiger partial charge in [-0.3, -0.25) is 10.00 Å². The number of nitrogens with one attached hydrogen (secondary N) is 1. The number of aromatic nitrogens is 2. The summed E-state index contributed by atoms with van der Waals surface area (Å²) in [5, 5.41) is 7.37. The summed E-state index contributed by atoms with van der Waals surface area (Å²) in [6.45, 7) is 15.6. The number of rotatable bonds is 10. The Morgan fingerprint density at radius 1 is 1.21 bits per heavy atom. The Labute approximate surface area is 198 Å². The van der Waals surface area contributed by atoms with Gasteiger partial charge < -0.3 is 14.4 Å². The third-order valence-corrected chi connectivity index (χ3v) is 6.02. The average Bonchev–Trinajstić information content (AvgIpc) is 3.11. The summed E-state index contributed by atoms with van der Waals surface area (Å²) < 4.78 is 13.4. The lowest BCUT2D eigenvalue weighted by Gasteiger charge is -2.31. The van der Waals surface area contributed by atoms with E-state index >= 15 is 0 Å². The van der Waals surface area contributed by atoms with Gasteiger partial charge in [0.15, 0.2) is 5.82 Å². The second-order valence-corrected chi connectivity index (χ2v) is 9.65. The molecule has 1 fully saturated rings. The highest BCUT2D eigenvalue weighted by atomic mass is 16.5. The quantitative estimate of drug-likeness (QED) is 0.529. The molecule has 33 heavy (non-hydrogen) atoms. The first kappa shape index (κ1) is 25.1. The maximum atomic E-state index is 12.3. The molecule has 0 saturated carbocycles. The summed E-state index contributed by atoms with van der Waals surface area (Å²) in [5.74, 6) is 2.28. The minimum atomic E-state index is -0.438. The van der Waals surface area contributed by atoms with Crippen LogP contribution in [-0.2, 0) is 11.3 Å². The molecular weight excluding hydrogens is 416 g/mol. The number of ether oxygens (including phenoxy) is 2. The van der Waals surface area contributed by atoms with Crippen LogP contribution in [0.25, 0.3) is 0 Å². The highest BCUT2D eigenvalue weighted by Gasteiger charge is 2.20. The van der Waals surface area contributed by atoms with Crippen LogP contribution in [0.15, 0.2) is 24.3 Å². The Balaban J connectivity index is 1.53. The first-order valence-corrected chi connectivity index (χ1v) is 12.3. The van der Waals surface area contributed by atoms with Crippen LogP contribution < -0.4 is 10.1 Å². The van der Waals surface area contributed by atoms with Gasteiger partial charge >= 0.3 is 6.09 Å². The molecule has 7 nitrogen and oxygen atoms in total. The number of aryl methyl sites for hydroxylation is 2. The number of hydrogen-bond donors (Lipinski definition) is 1. The largest absolute Gasteiger partial charge is 0.493 e. The molecule has 0 spiro atoms. The number of carbonyl (C=O) groups is 1. The van der Waals surface area contributed by atoms with Crippen LogP contribution in [0.1, 0.15) is 56.9 Å². The summed E-state index contributed by atoms with van der Waals surface area (Å²) in [6, 6.07) is 8.08. The van der Waals surface area contributed by atoms with E-state index in [1.54, 1.807) is 0 Å². The molecular formula is C26H40N4O3. The lowest BCUT2D eigenvalue weighted by molar-refractivity contribution is 0.105. The predicted octanol–water partition coefficient (Wildman–Crippen LogP) is 5.25. The van der Waals surface area contributed by atoms with Crippen LogP contribution in [-0.4, -0.2) is 53.6 Å². The molecule has 1 aromatic heterocycles. The van der Waals surface area contributed by atoms with Gasteiger partial charge in [-0.15, -0.1) is 0 Å². The fourth-order valence-electron chi connectivity index (χ4n) is 4.15. The van der Waals surface area contributed by atoms with Crippen molar-refractivity contribution in [1.29, 1.82) is 0 Å². The molecule has 0 radical (unpaired) electrons. The standard InChI is InChI=1S/C26H40N4O3/c1-6-11-29-12-9-22(10-13-29)18-33-26(31)27-25-15-21(5)30(28-25)16-23-14-20(4)7-8-24(23)32-17-19(2)3/h7-8,14-15,19,22H,6,9-13,16-18H2,1-5H3,(H,27,28,31). The molecule has 1 aliphatic rings. The molecule has 182 valence electrons. The van der Waals surface area contributed by atoms with Crippen LogP contribution in [0.5, 0.6) is 5.75 Å². The van der Waals surface area contributed by atoms with Crippen molar-refractivity contribution in [2.24, 2.45) is 11.8 Å². The molecule has 1 amide bonds. The van der Waals surface area contributed by atoms with Gasteiger partial charge in [0, 0.05) is 17.3 Å². The number of anilines is 1. The Hall–Kier alpha value is -2.54. The van der Waals surface area contributed by atoms with Gasteiger partial charge in [0.1, 0.15) is 5.75 Å². The Morgan fingerprint density at radius 2 is 1.97 bits per heavy atom. The predicted molar refractivity (Wildman–Crippen MR) is 132 cm³/mol. The molecule has 2 aromatic rings. The van der Waals surface area contributed by atoms with Crippen molar-refractivity contribution in [2.45, 2.75) is 60.4 Å². The molecule has 0 aliphatic carbocycles. The van der Waals surface area contributed by atoms with E-state index in [2.05, 4.69) is 55.1 Å². The van der Waals surface area contributed by atoms with Gasteiger partial charge in [-0.05, 0) is 70.6 Å². The highest BCUT2D eigenvalue weighted by molar-refractivity contribution is 5.83. The van der Waals surface area contributed by atoms with E-state index in [9.17, 15) is 4.79 Å². The third kappa shape index (κ3) is 7.77. The minimum Gasteiger partial charge on any atom is -0.493 e. The van der Waals surface area contributed by atoms with Crippen LogP contribution >= 0.6 is 0 Å². The Kier molecular flexibility index (Phi) is 9.18. The zero-order chi connectivity index (χ0) is 23.8. The van der Waals surface area contributed by atoms with Gasteiger partial charge in [0.05, 0.1) is 19.8 Å². The normalized spacial score (nSPS) is 15.1.